The van der Waals surface area contributed by atoms with Crippen LogP contribution in [0.15, 0.2) is 66.7 Å². The van der Waals surface area contributed by atoms with E-state index >= 15 is 0 Å². The second-order valence-electron chi connectivity index (χ2n) is 8.67. The van der Waals surface area contributed by atoms with Gasteiger partial charge in [0.1, 0.15) is 0 Å². The van der Waals surface area contributed by atoms with E-state index in [0.29, 0.717) is 17.4 Å². The van der Waals surface area contributed by atoms with Crippen molar-refractivity contribution in [3.8, 4) is 0 Å². The Morgan fingerprint density at radius 3 is 2.52 bits per heavy atom. The normalized spacial score (nSPS) is 17.1. The van der Waals surface area contributed by atoms with Gasteiger partial charge in [-0.2, -0.15) is 0 Å². The average Bonchev–Trinajstić information content (AvgIpc) is 3.25. The zero-order chi connectivity index (χ0) is 21.8. The third-order valence-electron chi connectivity index (χ3n) is 6.45. The van der Waals surface area contributed by atoms with Crippen molar-refractivity contribution in [3.05, 3.63) is 77.9 Å². The fourth-order valence-corrected chi connectivity index (χ4v) is 4.79. The molecule has 4 heteroatoms. The van der Waals surface area contributed by atoms with Crippen molar-refractivity contribution in [2.75, 3.05) is 18.0 Å². The minimum Gasteiger partial charge on any atom is -0.481 e. The van der Waals surface area contributed by atoms with Gasteiger partial charge < -0.3 is 10.0 Å². The van der Waals surface area contributed by atoms with E-state index in [-0.39, 0.29) is 18.6 Å². The second kappa shape index (κ2) is 9.34. The molecule has 1 aliphatic rings. The van der Waals surface area contributed by atoms with Gasteiger partial charge in [0.2, 0.25) is 0 Å². The predicted molar refractivity (Wildman–Crippen MR) is 125 cm³/mol. The van der Waals surface area contributed by atoms with Crippen molar-refractivity contribution in [1.82, 2.24) is 0 Å². The molecule has 4 nitrogen and oxygen atoms in total. The van der Waals surface area contributed by atoms with Gasteiger partial charge >= 0.3 is 5.97 Å². The van der Waals surface area contributed by atoms with Crippen molar-refractivity contribution in [2.24, 2.45) is 5.92 Å². The van der Waals surface area contributed by atoms with Crippen molar-refractivity contribution in [2.45, 2.75) is 38.5 Å². The maximum absolute atomic E-state index is 12.1. The fourth-order valence-electron chi connectivity index (χ4n) is 4.79. The van der Waals surface area contributed by atoms with Crippen LogP contribution < -0.4 is 4.90 Å². The van der Waals surface area contributed by atoms with Crippen LogP contribution in [0, 0.1) is 5.92 Å². The van der Waals surface area contributed by atoms with Gasteiger partial charge in [0.25, 0.3) is 0 Å². The Bertz CT molecular complexity index is 1070. The number of carboxylic acids is 1. The maximum atomic E-state index is 12.1. The number of rotatable bonds is 8. The lowest BCUT2D eigenvalue weighted by Crippen LogP contribution is -2.20. The van der Waals surface area contributed by atoms with Gasteiger partial charge in [0.15, 0.2) is 5.78 Å². The molecule has 160 valence electrons. The summed E-state index contributed by atoms with van der Waals surface area (Å²) >= 11 is 0. The predicted octanol–water partition coefficient (Wildman–Crippen LogP) is 5.91. The number of aliphatic carboxylic acids is 1. The standard InChI is InChI=1S/C27H29NO3/c1-19(24-8-4-6-21-5-2-3-7-25(21)24)17-20-15-16-28(18-20)23-11-9-22(10-12-23)26(29)13-14-27(30)31/h2-12,19-20H,13-18H2,1H3,(H,30,31)/t19-,20+/m0/s1. The van der Waals surface area contributed by atoms with Crippen LogP contribution in [0.25, 0.3) is 10.8 Å². The van der Waals surface area contributed by atoms with Crippen LogP contribution in [0.1, 0.15) is 54.4 Å². The number of hydrogen-bond donors (Lipinski definition) is 1. The highest BCUT2D eigenvalue weighted by Crippen LogP contribution is 2.34. The Morgan fingerprint density at radius 1 is 1.00 bits per heavy atom. The SMILES string of the molecule is C[C@@H](C[C@H]1CCN(c2ccc(C(=O)CCC(=O)O)cc2)C1)c1cccc2ccccc12. The van der Waals surface area contributed by atoms with E-state index in [4.69, 9.17) is 5.11 Å². The highest BCUT2D eigenvalue weighted by molar-refractivity contribution is 5.97. The van der Waals surface area contributed by atoms with Crippen LogP contribution >= 0.6 is 0 Å². The molecule has 3 aromatic rings. The van der Waals surface area contributed by atoms with E-state index in [1.54, 1.807) is 0 Å². The van der Waals surface area contributed by atoms with Gasteiger partial charge in [0, 0.05) is 30.8 Å². The van der Waals surface area contributed by atoms with Gasteiger partial charge in [-0.05, 0) is 65.3 Å². The lowest BCUT2D eigenvalue weighted by Gasteiger charge is -2.21. The van der Waals surface area contributed by atoms with Crippen LogP contribution in [0.3, 0.4) is 0 Å². The molecule has 0 amide bonds. The summed E-state index contributed by atoms with van der Waals surface area (Å²) in [7, 11) is 0. The number of Topliss-reactive ketones (excluding diaryl/α,β-unsaturated/α-hetero) is 1. The van der Waals surface area contributed by atoms with Gasteiger partial charge in [-0.25, -0.2) is 0 Å². The molecule has 31 heavy (non-hydrogen) atoms. The topological polar surface area (TPSA) is 57.6 Å². The Labute approximate surface area is 183 Å². The van der Waals surface area contributed by atoms with Crippen molar-refractivity contribution >= 4 is 28.2 Å². The summed E-state index contributed by atoms with van der Waals surface area (Å²) in [6.07, 6.45) is 2.26. The van der Waals surface area contributed by atoms with Crippen molar-refractivity contribution in [3.63, 3.8) is 0 Å². The highest BCUT2D eigenvalue weighted by atomic mass is 16.4. The number of carboxylic acid groups (broad SMARTS) is 1. The number of fused-ring (bicyclic) bond motifs is 1. The van der Waals surface area contributed by atoms with E-state index in [1.807, 2.05) is 24.3 Å². The van der Waals surface area contributed by atoms with E-state index in [1.165, 1.54) is 22.8 Å². The molecule has 1 N–H and O–H groups in total. The summed E-state index contributed by atoms with van der Waals surface area (Å²) in [5, 5.41) is 11.4. The van der Waals surface area contributed by atoms with Crippen LogP contribution in [0.5, 0.6) is 0 Å². The smallest absolute Gasteiger partial charge is 0.303 e. The van der Waals surface area contributed by atoms with Crippen LogP contribution in [-0.2, 0) is 4.79 Å². The molecule has 1 fully saturated rings. The second-order valence-corrected chi connectivity index (χ2v) is 8.67. The molecule has 0 bridgehead atoms. The quantitative estimate of drug-likeness (QED) is 0.465. The van der Waals surface area contributed by atoms with Crippen LogP contribution in [0.4, 0.5) is 5.69 Å². The number of hydrogen-bond acceptors (Lipinski definition) is 3. The number of benzene rings is 3. The van der Waals surface area contributed by atoms with E-state index in [2.05, 4.69) is 54.3 Å². The first kappa shape index (κ1) is 21.1. The summed E-state index contributed by atoms with van der Waals surface area (Å²) in [5.41, 5.74) is 3.15. The highest BCUT2D eigenvalue weighted by Gasteiger charge is 2.25. The number of carbonyl (C=O) groups excluding carboxylic acids is 1. The Kier molecular flexibility index (Phi) is 6.36. The lowest BCUT2D eigenvalue weighted by molar-refractivity contribution is -0.136. The summed E-state index contributed by atoms with van der Waals surface area (Å²) in [5.74, 6) is 0.0964. The van der Waals surface area contributed by atoms with Crippen molar-refractivity contribution < 1.29 is 14.7 Å². The first-order chi connectivity index (χ1) is 15.0. The minimum absolute atomic E-state index is 0.0481. The van der Waals surface area contributed by atoms with Gasteiger partial charge in [-0.3, -0.25) is 9.59 Å². The molecule has 0 spiro atoms. The van der Waals surface area contributed by atoms with Gasteiger partial charge in [0.05, 0.1) is 6.42 Å². The first-order valence-corrected chi connectivity index (χ1v) is 11.1. The molecule has 2 atom stereocenters. The lowest BCUT2D eigenvalue weighted by atomic mass is 9.87. The molecule has 0 aliphatic carbocycles. The number of ketones is 1. The molecular formula is C27H29NO3. The molecule has 3 aromatic carbocycles. The van der Waals surface area contributed by atoms with E-state index in [9.17, 15) is 9.59 Å². The van der Waals surface area contributed by atoms with Crippen LogP contribution in [0.2, 0.25) is 0 Å². The zero-order valence-corrected chi connectivity index (χ0v) is 18.0. The minimum atomic E-state index is -0.939. The summed E-state index contributed by atoms with van der Waals surface area (Å²) in [4.78, 5) is 25.2. The molecule has 0 aromatic heterocycles. The Balaban J connectivity index is 1.37. The Morgan fingerprint density at radius 2 is 1.74 bits per heavy atom. The molecule has 1 heterocycles. The van der Waals surface area contributed by atoms with E-state index in [0.717, 1.165) is 25.2 Å². The average molecular weight is 416 g/mol. The summed E-state index contributed by atoms with van der Waals surface area (Å²) in [6, 6.07) is 22.8. The molecular weight excluding hydrogens is 386 g/mol. The number of anilines is 1. The summed E-state index contributed by atoms with van der Waals surface area (Å²) in [6.45, 7) is 4.39. The Hall–Kier alpha value is -3.14. The van der Waals surface area contributed by atoms with Crippen molar-refractivity contribution in [1.29, 1.82) is 0 Å². The molecule has 1 aliphatic heterocycles. The first-order valence-electron chi connectivity index (χ1n) is 11.1. The zero-order valence-electron chi connectivity index (χ0n) is 18.0. The van der Waals surface area contributed by atoms with E-state index < -0.39 is 5.97 Å². The molecule has 0 saturated carbocycles. The molecule has 4 rings (SSSR count). The number of nitrogens with zero attached hydrogens (tertiary/aromatic N) is 1. The number of carbonyl (C=O) groups is 2. The molecule has 1 saturated heterocycles. The third kappa shape index (κ3) is 4.96. The monoisotopic (exact) mass is 415 g/mol. The summed E-state index contributed by atoms with van der Waals surface area (Å²) < 4.78 is 0. The van der Waals surface area contributed by atoms with Gasteiger partial charge in [-0.1, -0.05) is 49.4 Å². The largest absolute Gasteiger partial charge is 0.481 e. The maximum Gasteiger partial charge on any atom is 0.303 e. The third-order valence-corrected chi connectivity index (χ3v) is 6.45. The molecule has 0 radical (unpaired) electrons. The van der Waals surface area contributed by atoms with Crippen LogP contribution in [-0.4, -0.2) is 29.9 Å². The fraction of sp³-hybridized carbons (Fsp3) is 0.333. The van der Waals surface area contributed by atoms with Gasteiger partial charge in [-0.15, -0.1) is 0 Å². The molecule has 0 unspecified atom stereocenters.